The third-order valence-corrected chi connectivity index (χ3v) is 20.1. The molecule has 42 nitrogen and oxygen atoms in total. The van der Waals surface area contributed by atoms with Gasteiger partial charge in [0.15, 0.2) is 37.7 Å². The molecular formula is C70H127N5O37. The number of nitrogens with two attached hydrogens (primary N) is 1. The Morgan fingerprint density at radius 3 is 1.09 bits per heavy atom. The van der Waals surface area contributed by atoms with Crippen LogP contribution in [0, 0.1) is 0 Å². The highest BCUT2D eigenvalue weighted by molar-refractivity contribution is 5.82. The van der Waals surface area contributed by atoms with E-state index in [4.69, 9.17) is 62.6 Å². The highest BCUT2D eigenvalue weighted by atomic mass is 16.8. The van der Waals surface area contributed by atoms with Crippen LogP contribution >= 0.6 is 0 Å². The van der Waals surface area contributed by atoms with Crippen molar-refractivity contribution in [1.82, 2.24) is 21.5 Å². The molecule has 3 amide bonds. The smallest absolute Gasteiger partial charge is 0.234 e. The normalized spacial score (nSPS) is 36.6. The monoisotopic (exact) mass is 1630 g/mol. The van der Waals surface area contributed by atoms with Crippen LogP contribution in [0.15, 0.2) is 0 Å². The molecular weight excluding hydrogens is 1500 g/mol. The molecule has 0 aliphatic carbocycles. The first-order valence-corrected chi connectivity index (χ1v) is 38.8. The van der Waals surface area contributed by atoms with Gasteiger partial charge in [0.1, 0.15) is 158 Å². The Morgan fingerprint density at radius 2 is 0.696 bits per heavy atom. The zero-order chi connectivity index (χ0) is 82.7. The molecule has 0 bridgehead atoms. The number of aliphatic hydroxyl groups excluding tert-OH is 20. The van der Waals surface area contributed by atoms with E-state index in [9.17, 15) is 126 Å². The Labute approximate surface area is 648 Å². The first-order chi connectivity index (χ1) is 53.5. The summed E-state index contributed by atoms with van der Waals surface area (Å²) in [6, 6.07) is -0.445. The Morgan fingerprint density at radius 1 is 0.357 bits per heavy atom. The Bertz CT molecular complexity index is 2640. The minimum atomic E-state index is -1.89. The standard InChI is InChI=1S/C37H68N4O19.C33H59NO18/c1-19(44)20(10-8-9-13-38)40-41-25(46)12-7-5-3-2-4-6-11-24(45)39-14-15-55-36-33(54)34(60-37-32(53)30(51)27(48)22(17-43)58-37)28(49)23(59-36)18-56-35-31(52)29(50)26(47)21(16-42)57-35;1-2-34-21(38)12-8-6-4-3-5-7-10-17(37)11-9-13-47-32-29(46)30(52-33-28(45)26(43)23(40)19(15-36)50-33)24(41)20(51-32)16-48-31-27(44)25(42)22(39)18(14-35)49-31/h20-23,26-37,40,42-43,47-54H,2-18,38H2,1H3,(H,39,45)(H,41,46);18-20,22-33,35-36,39-46H,2-16H2,1H3,(H,34,38)/t20-,21+,22+,23+,26+,27+,28+,29-,30-,31-,32-,33-,34-,35-,36+,37+;18-,19-,20-,22-,23-,24-,25+,26+,27+,28+,29+,30+,31+,32-,33-/m01/s1. The lowest BCUT2D eigenvalue weighted by molar-refractivity contribution is -0.366. The van der Waals surface area contributed by atoms with E-state index >= 15 is 0 Å². The summed E-state index contributed by atoms with van der Waals surface area (Å²) in [7, 11) is 0. The maximum Gasteiger partial charge on any atom is 0.234 e. The summed E-state index contributed by atoms with van der Waals surface area (Å²) in [6.45, 7) is 0.0404. The van der Waals surface area contributed by atoms with Gasteiger partial charge in [0, 0.05) is 45.2 Å². The predicted octanol–water partition coefficient (Wildman–Crippen LogP) is -9.55. The molecule has 6 fully saturated rings. The van der Waals surface area contributed by atoms with Gasteiger partial charge in [-0.2, -0.15) is 0 Å². The van der Waals surface area contributed by atoms with Crippen molar-refractivity contribution in [2.45, 2.75) is 339 Å². The van der Waals surface area contributed by atoms with Gasteiger partial charge < -0.3 is 175 Å². The Kier molecular flexibility index (Phi) is 46.2. The van der Waals surface area contributed by atoms with Crippen LogP contribution in [0.4, 0.5) is 0 Å². The van der Waals surface area contributed by atoms with Crippen molar-refractivity contribution >= 4 is 29.3 Å². The van der Waals surface area contributed by atoms with Gasteiger partial charge in [-0.1, -0.05) is 57.8 Å². The summed E-state index contributed by atoms with van der Waals surface area (Å²) in [5.74, 6) is -0.425. The van der Waals surface area contributed by atoms with E-state index in [-0.39, 0.29) is 68.3 Å². The molecule has 0 unspecified atom stereocenters. The summed E-state index contributed by atoms with van der Waals surface area (Å²) in [6.07, 6.45) is -35.5. The number of hydrazine groups is 1. The number of carbonyl (C=O) groups is 5. The van der Waals surface area contributed by atoms with Gasteiger partial charge in [-0.25, -0.2) is 5.43 Å². The number of amides is 3. The second-order valence-electron chi connectivity index (χ2n) is 28.8. The van der Waals surface area contributed by atoms with Gasteiger partial charge in [0.05, 0.1) is 58.9 Å². The van der Waals surface area contributed by atoms with E-state index in [1.807, 2.05) is 6.92 Å². The summed E-state index contributed by atoms with van der Waals surface area (Å²) in [4.78, 5) is 60.3. The third-order valence-electron chi connectivity index (χ3n) is 20.1. The van der Waals surface area contributed by atoms with Gasteiger partial charge >= 0.3 is 0 Å². The second-order valence-corrected chi connectivity index (χ2v) is 28.8. The van der Waals surface area contributed by atoms with Gasteiger partial charge in [-0.15, -0.1) is 0 Å². The van der Waals surface area contributed by atoms with Gasteiger partial charge in [0.2, 0.25) is 17.7 Å². The quantitative estimate of drug-likeness (QED) is 0.0199. The lowest BCUT2D eigenvalue weighted by Crippen LogP contribution is -2.65. The van der Waals surface area contributed by atoms with E-state index in [1.54, 1.807) is 0 Å². The average Bonchev–Trinajstić information content (AvgIpc) is 0.795. The van der Waals surface area contributed by atoms with E-state index in [1.165, 1.54) is 6.92 Å². The van der Waals surface area contributed by atoms with Crippen LogP contribution < -0.4 is 27.2 Å². The minimum Gasteiger partial charge on any atom is -0.394 e. The van der Waals surface area contributed by atoms with Crippen molar-refractivity contribution in [3.63, 3.8) is 0 Å². The lowest BCUT2D eigenvalue weighted by atomic mass is 9.96. The molecule has 6 saturated heterocycles. The number of nitrogens with one attached hydrogen (secondary N) is 4. The molecule has 112 heavy (non-hydrogen) atoms. The Hall–Kier alpha value is -3.61. The van der Waals surface area contributed by atoms with E-state index in [2.05, 4.69) is 21.5 Å². The highest BCUT2D eigenvalue weighted by Gasteiger charge is 2.55. The van der Waals surface area contributed by atoms with Crippen LogP contribution in [0.5, 0.6) is 0 Å². The molecule has 6 aliphatic heterocycles. The zero-order valence-electron chi connectivity index (χ0n) is 63.5. The minimum absolute atomic E-state index is 0.0178. The number of Topliss-reactive ketones (excluding diaryl/α,β-unsaturated/α-hetero) is 2. The van der Waals surface area contributed by atoms with E-state index in [0.29, 0.717) is 51.6 Å². The summed E-state index contributed by atoms with van der Waals surface area (Å²) >= 11 is 0. The number of rotatable bonds is 49. The molecule has 26 N–H and O–H groups in total. The average molecular weight is 1630 g/mol. The van der Waals surface area contributed by atoms with Crippen molar-refractivity contribution in [2.24, 2.45) is 5.73 Å². The summed E-state index contributed by atoms with van der Waals surface area (Å²) in [5.41, 5.74) is 10.9. The highest BCUT2D eigenvalue weighted by Crippen LogP contribution is 2.34. The molecule has 31 atom stereocenters. The van der Waals surface area contributed by atoms with Crippen molar-refractivity contribution in [1.29, 1.82) is 0 Å². The largest absolute Gasteiger partial charge is 0.394 e. The summed E-state index contributed by atoms with van der Waals surface area (Å²) < 4.78 is 66.7. The molecule has 0 radical (unpaired) electrons. The molecule has 6 aliphatic rings. The lowest BCUT2D eigenvalue weighted by Gasteiger charge is -2.46. The van der Waals surface area contributed by atoms with Crippen molar-refractivity contribution in [2.75, 3.05) is 72.5 Å². The topological polar surface area (TPSA) is 675 Å². The number of ketones is 2. The van der Waals surface area contributed by atoms with Gasteiger partial charge in [-0.3, -0.25) is 29.4 Å². The molecule has 654 valence electrons. The van der Waals surface area contributed by atoms with E-state index in [0.717, 1.165) is 77.0 Å². The van der Waals surface area contributed by atoms with Crippen LogP contribution in [-0.2, 0) is 80.8 Å². The van der Waals surface area contributed by atoms with Crippen LogP contribution in [0.1, 0.15) is 149 Å². The third kappa shape index (κ3) is 31.0. The molecule has 0 aromatic heterocycles. The van der Waals surface area contributed by atoms with Crippen molar-refractivity contribution in [3.05, 3.63) is 0 Å². The summed E-state index contributed by atoms with van der Waals surface area (Å²) in [5, 5.41) is 211. The van der Waals surface area contributed by atoms with Crippen LogP contribution in [0.3, 0.4) is 0 Å². The molecule has 0 saturated carbocycles. The number of aliphatic hydroxyl groups is 20. The molecule has 0 aromatic rings. The maximum atomic E-state index is 12.5. The van der Waals surface area contributed by atoms with E-state index < -0.39 is 230 Å². The molecule has 0 spiro atoms. The second kappa shape index (κ2) is 52.3. The van der Waals surface area contributed by atoms with Crippen molar-refractivity contribution in [3.8, 4) is 0 Å². The van der Waals surface area contributed by atoms with Gasteiger partial charge in [0.25, 0.3) is 0 Å². The fourth-order valence-electron chi connectivity index (χ4n) is 13.2. The number of ether oxygens (including phenoxy) is 12. The van der Waals surface area contributed by atoms with Crippen LogP contribution in [0.25, 0.3) is 0 Å². The molecule has 0 aromatic carbocycles. The fraction of sp³-hybridized carbons (Fsp3) is 0.929. The first-order valence-electron chi connectivity index (χ1n) is 38.8. The first kappa shape index (κ1) is 99.0. The van der Waals surface area contributed by atoms with Gasteiger partial charge in [-0.05, 0) is 65.3 Å². The Balaban J connectivity index is 0.000000405. The number of unbranched alkanes of at least 4 members (excludes halogenated alkanes) is 11. The maximum absolute atomic E-state index is 12.5. The van der Waals surface area contributed by atoms with Crippen molar-refractivity contribution < 1.29 is 183 Å². The zero-order valence-corrected chi connectivity index (χ0v) is 63.5. The van der Waals surface area contributed by atoms with Crippen LogP contribution in [0.2, 0.25) is 0 Å². The number of carbonyl (C=O) groups excluding carboxylic acids is 5. The fourth-order valence-corrected chi connectivity index (χ4v) is 13.2. The predicted molar refractivity (Wildman–Crippen MR) is 378 cm³/mol. The molecule has 6 heterocycles. The number of hydrogen-bond acceptors (Lipinski definition) is 39. The molecule has 6 rings (SSSR count). The SMILES string of the molecule is CC(=O)[C@H](CCCCN)NNC(=O)CCCCCCCCC(=O)NCCO[C@@H]1O[C@H](CO[C@H]2O[C@H](CO)[C@@H](O)[C@H](O)[C@@H]2O)[C@@H](O)[C@H](O[C@H]2O[C@H](CO)[C@@H](O)[C@H](O)[C@@H]2O)[C@@H]1O.CCNC(=O)CCCCCCCCC(=O)CCCO[C@@H]1O[C@H](CO[C@H]2O[C@H](CO)[C@@H](O)[C@H](O)[C@@H]2O)[C@@H](O)[C@H](O[C@H]2O[C@H](CO)[C@@H](O)[C@H](O)[C@@H]2O)[C@@H]1O. The van der Waals surface area contributed by atoms with Crippen LogP contribution in [-0.4, -0.2) is 394 Å². The number of hydrogen-bond donors (Lipinski definition) is 25. The molecule has 42 heteroatoms.